The molecule has 0 saturated heterocycles. The van der Waals surface area contributed by atoms with Crippen molar-refractivity contribution in [3.05, 3.63) is 98.6 Å². The van der Waals surface area contributed by atoms with Gasteiger partial charge in [-0.1, -0.05) is 71.9 Å². The average Bonchev–Trinajstić information content (AvgIpc) is 3.58. The van der Waals surface area contributed by atoms with Crippen LogP contribution in [0, 0.1) is 0 Å². The number of phenols is 1. The third-order valence-corrected chi connectivity index (χ3v) is 7.81. The van der Waals surface area contributed by atoms with E-state index in [1.807, 2.05) is 24.3 Å². The van der Waals surface area contributed by atoms with Crippen molar-refractivity contribution in [3.63, 3.8) is 0 Å². The van der Waals surface area contributed by atoms with Gasteiger partial charge in [0.1, 0.15) is 5.75 Å². The minimum absolute atomic E-state index is 0.0999. The molecule has 1 saturated carbocycles. The molecule has 0 aliphatic heterocycles. The molecule has 10 heteroatoms. The van der Waals surface area contributed by atoms with E-state index in [0.29, 0.717) is 22.0 Å². The zero-order valence-corrected chi connectivity index (χ0v) is 23.0. The molecule has 3 N–H and O–H groups in total. The van der Waals surface area contributed by atoms with Crippen molar-refractivity contribution < 1.29 is 14.7 Å². The number of phenolic OH excluding ortho intramolecular Hbond substituents is 1. The maximum Gasteiger partial charge on any atom is 0.342 e. The van der Waals surface area contributed by atoms with E-state index in [1.165, 1.54) is 10.7 Å². The maximum absolute atomic E-state index is 13.2. The SMILES string of the molecule is O=C(Nc1ccc(-c2cc(C3CCCC3)n(C(=O)NCc3ccccc3Cl)n2)c(O)c1)c1c(Cl)cccc1Cl. The molecule has 0 radical (unpaired) electrons. The average molecular weight is 584 g/mol. The molecule has 0 atom stereocenters. The number of amides is 2. The number of halogens is 3. The van der Waals surface area contributed by atoms with Gasteiger partial charge >= 0.3 is 6.03 Å². The number of benzene rings is 3. The van der Waals surface area contributed by atoms with E-state index < -0.39 is 5.91 Å². The Morgan fingerprint density at radius 2 is 1.62 bits per heavy atom. The van der Waals surface area contributed by atoms with Gasteiger partial charge in [0.25, 0.3) is 5.91 Å². The van der Waals surface area contributed by atoms with Crippen LogP contribution >= 0.6 is 34.8 Å². The van der Waals surface area contributed by atoms with Crippen LogP contribution in [-0.2, 0) is 6.54 Å². The first-order chi connectivity index (χ1) is 18.8. The molecule has 1 aliphatic carbocycles. The number of nitrogens with zero attached hydrogens (tertiary/aromatic N) is 2. The van der Waals surface area contributed by atoms with Gasteiger partial charge in [0.2, 0.25) is 0 Å². The Hall–Kier alpha value is -3.52. The van der Waals surface area contributed by atoms with E-state index in [4.69, 9.17) is 34.8 Å². The highest BCUT2D eigenvalue weighted by Gasteiger charge is 2.26. The fourth-order valence-electron chi connectivity index (χ4n) is 4.82. The predicted octanol–water partition coefficient (Wildman–Crippen LogP) is 7.88. The van der Waals surface area contributed by atoms with E-state index in [-0.39, 0.29) is 39.9 Å². The summed E-state index contributed by atoms with van der Waals surface area (Å²) in [6.45, 7) is 0.257. The summed E-state index contributed by atoms with van der Waals surface area (Å²) in [5, 5.41) is 22.1. The summed E-state index contributed by atoms with van der Waals surface area (Å²) in [4.78, 5) is 26.0. The van der Waals surface area contributed by atoms with Gasteiger partial charge in [0.15, 0.2) is 0 Å². The number of hydrogen-bond donors (Lipinski definition) is 3. The Kier molecular flexibility index (Phi) is 8.12. The van der Waals surface area contributed by atoms with Crippen molar-refractivity contribution in [2.45, 2.75) is 38.1 Å². The number of anilines is 1. The molecule has 1 heterocycles. The lowest BCUT2D eigenvalue weighted by Crippen LogP contribution is -2.30. The van der Waals surface area contributed by atoms with E-state index in [9.17, 15) is 14.7 Å². The third-order valence-electron chi connectivity index (χ3n) is 6.81. The van der Waals surface area contributed by atoms with Crippen LogP contribution in [0.25, 0.3) is 11.3 Å². The van der Waals surface area contributed by atoms with Gasteiger partial charge in [0, 0.05) is 34.8 Å². The summed E-state index contributed by atoms with van der Waals surface area (Å²) in [6.07, 6.45) is 4.10. The van der Waals surface area contributed by atoms with Gasteiger partial charge in [-0.2, -0.15) is 9.78 Å². The molecule has 200 valence electrons. The van der Waals surface area contributed by atoms with Crippen molar-refractivity contribution in [2.24, 2.45) is 0 Å². The quantitative estimate of drug-likeness (QED) is 0.215. The van der Waals surface area contributed by atoms with Crippen molar-refractivity contribution in [1.29, 1.82) is 0 Å². The first-order valence-electron chi connectivity index (χ1n) is 12.5. The van der Waals surface area contributed by atoms with Crippen molar-refractivity contribution in [1.82, 2.24) is 15.1 Å². The van der Waals surface area contributed by atoms with Crippen LogP contribution in [0.5, 0.6) is 5.75 Å². The first kappa shape index (κ1) is 27.1. The number of hydrogen-bond acceptors (Lipinski definition) is 4. The molecule has 4 aromatic rings. The number of carbonyl (C=O) groups excluding carboxylic acids is 2. The second-order valence-corrected chi connectivity index (χ2v) is 10.6. The maximum atomic E-state index is 13.2. The smallest absolute Gasteiger partial charge is 0.342 e. The summed E-state index contributed by atoms with van der Waals surface area (Å²) in [5.74, 6) is -0.406. The molecular formula is C29H25Cl3N4O3. The van der Waals surface area contributed by atoms with Gasteiger partial charge in [-0.05, 0) is 54.8 Å². The summed E-state index contributed by atoms with van der Waals surface area (Å²) in [6, 6.07) is 18.3. The molecule has 3 aromatic carbocycles. The van der Waals surface area contributed by atoms with E-state index in [0.717, 1.165) is 36.9 Å². The van der Waals surface area contributed by atoms with Crippen LogP contribution < -0.4 is 10.6 Å². The van der Waals surface area contributed by atoms with Gasteiger partial charge in [-0.15, -0.1) is 0 Å². The summed E-state index contributed by atoms with van der Waals surface area (Å²) in [7, 11) is 0. The zero-order valence-electron chi connectivity index (χ0n) is 20.8. The third kappa shape index (κ3) is 5.91. The second-order valence-electron chi connectivity index (χ2n) is 9.38. The van der Waals surface area contributed by atoms with Crippen LogP contribution in [0.2, 0.25) is 15.1 Å². The van der Waals surface area contributed by atoms with Gasteiger partial charge < -0.3 is 15.7 Å². The highest BCUT2D eigenvalue weighted by Crippen LogP contribution is 2.38. The number of rotatable bonds is 6. The molecule has 2 amide bonds. The van der Waals surface area contributed by atoms with Crippen LogP contribution in [0.15, 0.2) is 66.7 Å². The van der Waals surface area contributed by atoms with Gasteiger partial charge in [-0.3, -0.25) is 4.79 Å². The highest BCUT2D eigenvalue weighted by atomic mass is 35.5. The number of carbonyl (C=O) groups is 2. The fraction of sp³-hybridized carbons (Fsp3) is 0.207. The minimum Gasteiger partial charge on any atom is -0.507 e. The lowest BCUT2D eigenvalue weighted by molar-refractivity contribution is 0.102. The Morgan fingerprint density at radius 1 is 0.923 bits per heavy atom. The predicted molar refractivity (Wildman–Crippen MR) is 154 cm³/mol. The molecule has 5 rings (SSSR count). The Morgan fingerprint density at radius 3 is 2.31 bits per heavy atom. The van der Waals surface area contributed by atoms with Crippen LogP contribution in [0.4, 0.5) is 10.5 Å². The molecule has 1 aromatic heterocycles. The second kappa shape index (κ2) is 11.7. The minimum atomic E-state index is -0.499. The van der Waals surface area contributed by atoms with E-state index in [1.54, 1.807) is 36.4 Å². The normalized spacial score (nSPS) is 13.4. The topological polar surface area (TPSA) is 96.3 Å². The molecule has 1 fully saturated rings. The summed E-state index contributed by atoms with van der Waals surface area (Å²) >= 11 is 18.5. The molecule has 1 aliphatic rings. The Bertz CT molecular complexity index is 1530. The number of aromatic nitrogens is 2. The summed E-state index contributed by atoms with van der Waals surface area (Å²) < 4.78 is 1.39. The van der Waals surface area contributed by atoms with Crippen LogP contribution in [0.3, 0.4) is 0 Å². The molecule has 7 nitrogen and oxygen atoms in total. The number of aromatic hydroxyl groups is 1. The van der Waals surface area contributed by atoms with E-state index >= 15 is 0 Å². The largest absolute Gasteiger partial charge is 0.507 e. The van der Waals surface area contributed by atoms with Gasteiger partial charge in [-0.25, -0.2) is 4.79 Å². The summed E-state index contributed by atoms with van der Waals surface area (Å²) in [5.41, 5.74) is 2.98. The van der Waals surface area contributed by atoms with Crippen molar-refractivity contribution in [2.75, 3.05) is 5.32 Å². The Labute approximate surface area is 240 Å². The fourth-order valence-corrected chi connectivity index (χ4v) is 5.60. The van der Waals surface area contributed by atoms with Gasteiger partial charge in [0.05, 0.1) is 27.0 Å². The molecule has 0 unspecified atom stereocenters. The van der Waals surface area contributed by atoms with Crippen molar-refractivity contribution in [3.8, 4) is 17.0 Å². The monoisotopic (exact) mass is 582 g/mol. The number of nitrogens with one attached hydrogen (secondary N) is 2. The Balaban J connectivity index is 1.39. The molecule has 0 bridgehead atoms. The standard InChI is InChI=1S/C29H25Cl3N4O3/c30-21-9-4-3-8-18(21)16-33-29(39)36-25(17-6-1-2-7-17)15-24(35-36)20-13-12-19(14-26(20)37)34-28(38)27-22(31)10-5-11-23(27)32/h3-5,8-15,17,37H,1-2,6-7,16H2,(H,33,39)(H,34,38). The lowest BCUT2D eigenvalue weighted by atomic mass is 10.0. The van der Waals surface area contributed by atoms with Crippen molar-refractivity contribution >= 4 is 52.4 Å². The molecular weight excluding hydrogens is 559 g/mol. The lowest BCUT2D eigenvalue weighted by Gasteiger charge is -2.12. The van der Waals surface area contributed by atoms with E-state index in [2.05, 4.69) is 15.7 Å². The highest BCUT2D eigenvalue weighted by molar-refractivity contribution is 6.40. The molecule has 39 heavy (non-hydrogen) atoms. The zero-order chi connectivity index (χ0) is 27.5. The van der Waals surface area contributed by atoms with Crippen LogP contribution in [-0.4, -0.2) is 26.8 Å². The first-order valence-corrected chi connectivity index (χ1v) is 13.7. The van der Waals surface area contributed by atoms with Crippen LogP contribution in [0.1, 0.15) is 53.2 Å². The molecule has 0 spiro atoms.